The smallest absolute Gasteiger partial charge is 0.239 e. The van der Waals surface area contributed by atoms with Crippen LogP contribution in [0.3, 0.4) is 0 Å². The molecule has 2 aliphatic heterocycles. The highest BCUT2D eigenvalue weighted by Crippen LogP contribution is 2.25. The lowest BCUT2D eigenvalue weighted by molar-refractivity contribution is -0.138. The summed E-state index contributed by atoms with van der Waals surface area (Å²) >= 11 is 0. The van der Waals surface area contributed by atoms with Crippen LogP contribution in [0.15, 0.2) is 24.3 Å². The Hall–Kier alpha value is -1.46. The summed E-state index contributed by atoms with van der Waals surface area (Å²) in [5.41, 5.74) is 1.06. The van der Waals surface area contributed by atoms with Gasteiger partial charge in [0.2, 0.25) is 5.91 Å². The second kappa shape index (κ2) is 8.77. The summed E-state index contributed by atoms with van der Waals surface area (Å²) < 4.78 is 18.6. The second-order valence-electron chi connectivity index (χ2n) is 7.21. The van der Waals surface area contributed by atoms with Crippen LogP contribution in [0.5, 0.6) is 0 Å². The standard InChI is InChI=1S/C20H29FN2O2/c1-2-25-15-17-5-3-12-23(14-17)20(24)19-6-4-11-22(19)13-16-7-9-18(21)10-8-16/h7-10,17,19H,2-6,11-15H2,1H3. The minimum Gasteiger partial charge on any atom is -0.381 e. The monoisotopic (exact) mass is 348 g/mol. The molecule has 3 rings (SSSR count). The van der Waals surface area contributed by atoms with Crippen LogP contribution in [0.2, 0.25) is 0 Å². The maximum Gasteiger partial charge on any atom is 0.239 e. The molecule has 2 atom stereocenters. The fourth-order valence-corrected chi connectivity index (χ4v) is 4.02. The van der Waals surface area contributed by atoms with E-state index in [1.54, 1.807) is 0 Å². The van der Waals surface area contributed by atoms with Crippen LogP contribution < -0.4 is 0 Å². The number of nitrogens with zero attached hydrogens (tertiary/aromatic N) is 2. The molecule has 2 saturated heterocycles. The molecule has 0 aliphatic carbocycles. The van der Waals surface area contributed by atoms with E-state index in [4.69, 9.17) is 4.74 Å². The summed E-state index contributed by atoms with van der Waals surface area (Å²) in [7, 11) is 0. The van der Waals surface area contributed by atoms with Crippen molar-refractivity contribution in [1.29, 1.82) is 0 Å². The molecule has 25 heavy (non-hydrogen) atoms. The molecular formula is C20H29FN2O2. The average molecular weight is 348 g/mol. The molecule has 138 valence electrons. The highest BCUT2D eigenvalue weighted by Gasteiger charge is 2.35. The summed E-state index contributed by atoms with van der Waals surface area (Å²) in [5, 5.41) is 0. The first-order valence-electron chi connectivity index (χ1n) is 9.52. The van der Waals surface area contributed by atoms with Gasteiger partial charge in [-0.2, -0.15) is 0 Å². The number of piperidine rings is 1. The van der Waals surface area contributed by atoms with Crippen molar-refractivity contribution in [2.75, 3.05) is 32.8 Å². The lowest BCUT2D eigenvalue weighted by Gasteiger charge is -2.36. The van der Waals surface area contributed by atoms with Crippen molar-refractivity contribution in [2.45, 2.75) is 45.2 Å². The molecule has 1 amide bonds. The maximum atomic E-state index is 13.1. The van der Waals surface area contributed by atoms with E-state index in [1.807, 2.05) is 24.0 Å². The Bertz CT molecular complexity index is 563. The second-order valence-corrected chi connectivity index (χ2v) is 7.21. The number of rotatable bonds is 6. The summed E-state index contributed by atoms with van der Waals surface area (Å²) in [6.45, 7) is 6.83. The average Bonchev–Trinajstić information content (AvgIpc) is 3.09. The molecule has 0 saturated carbocycles. The number of ether oxygens (including phenoxy) is 1. The van der Waals surface area contributed by atoms with E-state index in [2.05, 4.69) is 4.90 Å². The largest absolute Gasteiger partial charge is 0.381 e. The van der Waals surface area contributed by atoms with Crippen LogP contribution in [-0.2, 0) is 16.1 Å². The van der Waals surface area contributed by atoms with Crippen molar-refractivity contribution in [2.24, 2.45) is 5.92 Å². The van der Waals surface area contributed by atoms with Gasteiger partial charge in [0.15, 0.2) is 0 Å². The van der Waals surface area contributed by atoms with Crippen LogP contribution in [-0.4, -0.2) is 54.6 Å². The Morgan fingerprint density at radius 1 is 1.20 bits per heavy atom. The highest BCUT2D eigenvalue weighted by atomic mass is 19.1. The number of hydrogen-bond acceptors (Lipinski definition) is 3. The summed E-state index contributed by atoms with van der Waals surface area (Å²) in [5.74, 6) is 0.511. The van der Waals surface area contributed by atoms with Crippen molar-refractivity contribution in [3.63, 3.8) is 0 Å². The van der Waals surface area contributed by atoms with Crippen LogP contribution >= 0.6 is 0 Å². The van der Waals surface area contributed by atoms with Gasteiger partial charge in [0, 0.05) is 26.2 Å². The first-order chi connectivity index (χ1) is 12.2. The summed E-state index contributed by atoms with van der Waals surface area (Å²) in [6.07, 6.45) is 4.18. The Kier molecular flexibility index (Phi) is 6.43. The van der Waals surface area contributed by atoms with Crippen LogP contribution in [0.1, 0.15) is 38.2 Å². The molecule has 2 heterocycles. The molecule has 2 aliphatic rings. The number of amides is 1. The van der Waals surface area contributed by atoms with Crippen LogP contribution in [0, 0.1) is 11.7 Å². The molecular weight excluding hydrogens is 319 g/mol. The van der Waals surface area contributed by atoms with Crippen molar-refractivity contribution < 1.29 is 13.9 Å². The minimum atomic E-state index is -0.216. The molecule has 5 heteroatoms. The van der Waals surface area contributed by atoms with E-state index in [0.29, 0.717) is 12.5 Å². The first kappa shape index (κ1) is 18.3. The van der Waals surface area contributed by atoms with Crippen molar-refractivity contribution in [1.82, 2.24) is 9.80 Å². The van der Waals surface area contributed by atoms with E-state index in [-0.39, 0.29) is 17.8 Å². The highest BCUT2D eigenvalue weighted by molar-refractivity contribution is 5.82. The van der Waals surface area contributed by atoms with Crippen molar-refractivity contribution in [3.05, 3.63) is 35.6 Å². The lowest BCUT2D eigenvalue weighted by atomic mass is 9.98. The third kappa shape index (κ3) is 4.79. The van der Waals surface area contributed by atoms with Gasteiger partial charge >= 0.3 is 0 Å². The number of carbonyl (C=O) groups is 1. The zero-order valence-corrected chi connectivity index (χ0v) is 15.1. The molecule has 0 aromatic heterocycles. The quantitative estimate of drug-likeness (QED) is 0.792. The Morgan fingerprint density at radius 3 is 2.72 bits per heavy atom. The van der Waals surface area contributed by atoms with Gasteiger partial charge in [0.25, 0.3) is 0 Å². The Morgan fingerprint density at radius 2 is 1.96 bits per heavy atom. The molecule has 0 bridgehead atoms. The number of benzene rings is 1. The van der Waals surface area contributed by atoms with Gasteiger partial charge in [0.05, 0.1) is 12.6 Å². The molecule has 0 radical (unpaired) electrons. The van der Waals surface area contributed by atoms with Crippen LogP contribution in [0.4, 0.5) is 4.39 Å². The topological polar surface area (TPSA) is 32.8 Å². The van der Waals surface area contributed by atoms with E-state index in [9.17, 15) is 9.18 Å². The number of likely N-dealkylation sites (tertiary alicyclic amines) is 2. The third-order valence-electron chi connectivity index (χ3n) is 5.34. The first-order valence-corrected chi connectivity index (χ1v) is 9.52. The van der Waals surface area contributed by atoms with Gasteiger partial charge in [-0.15, -0.1) is 0 Å². The van der Waals surface area contributed by atoms with Gasteiger partial charge in [-0.1, -0.05) is 12.1 Å². The maximum absolute atomic E-state index is 13.1. The molecule has 2 fully saturated rings. The van der Waals surface area contributed by atoms with E-state index in [1.165, 1.54) is 12.1 Å². The van der Waals surface area contributed by atoms with E-state index in [0.717, 1.165) is 64.1 Å². The summed E-state index contributed by atoms with van der Waals surface area (Å²) in [4.78, 5) is 17.4. The van der Waals surface area contributed by atoms with Gasteiger partial charge in [-0.3, -0.25) is 9.69 Å². The Labute approximate surface area is 149 Å². The van der Waals surface area contributed by atoms with E-state index < -0.39 is 0 Å². The normalized spacial score (nSPS) is 24.6. The fourth-order valence-electron chi connectivity index (χ4n) is 4.02. The zero-order chi connectivity index (χ0) is 17.6. The van der Waals surface area contributed by atoms with Crippen molar-refractivity contribution >= 4 is 5.91 Å². The van der Waals surface area contributed by atoms with Gasteiger partial charge in [-0.05, 0) is 62.8 Å². The predicted molar refractivity (Wildman–Crippen MR) is 95.6 cm³/mol. The number of halogens is 1. The molecule has 1 aromatic carbocycles. The van der Waals surface area contributed by atoms with Gasteiger partial charge in [0.1, 0.15) is 5.82 Å². The lowest BCUT2D eigenvalue weighted by Crippen LogP contribution is -2.49. The van der Waals surface area contributed by atoms with Gasteiger partial charge < -0.3 is 9.64 Å². The molecule has 0 N–H and O–H groups in total. The molecule has 2 unspecified atom stereocenters. The Balaban J connectivity index is 1.59. The molecule has 0 spiro atoms. The van der Waals surface area contributed by atoms with Crippen LogP contribution in [0.25, 0.3) is 0 Å². The zero-order valence-electron chi connectivity index (χ0n) is 15.1. The SMILES string of the molecule is CCOCC1CCCN(C(=O)C2CCCN2Cc2ccc(F)cc2)C1. The number of hydrogen-bond donors (Lipinski definition) is 0. The molecule has 4 nitrogen and oxygen atoms in total. The fraction of sp³-hybridized carbons (Fsp3) is 0.650. The predicted octanol–water partition coefficient (Wildman–Crippen LogP) is 3.07. The number of carbonyl (C=O) groups excluding carboxylic acids is 1. The summed E-state index contributed by atoms with van der Waals surface area (Å²) in [6, 6.07) is 6.58. The molecule has 1 aromatic rings. The van der Waals surface area contributed by atoms with Gasteiger partial charge in [-0.25, -0.2) is 4.39 Å². The van der Waals surface area contributed by atoms with E-state index >= 15 is 0 Å². The third-order valence-corrected chi connectivity index (χ3v) is 5.34. The minimum absolute atomic E-state index is 0.0316. The van der Waals surface area contributed by atoms with Crippen molar-refractivity contribution in [3.8, 4) is 0 Å².